The van der Waals surface area contributed by atoms with Crippen LogP contribution in [0.4, 0.5) is 24.7 Å². The number of benzene rings is 2. The number of hydrogen-bond donors (Lipinski definition) is 2. The Morgan fingerprint density at radius 2 is 1.71 bits per heavy atom. The molecule has 7 heteroatoms. The summed E-state index contributed by atoms with van der Waals surface area (Å²) in [6, 6.07) is 15.0. The zero-order valence-electron chi connectivity index (χ0n) is 14.9. The van der Waals surface area contributed by atoms with Crippen molar-refractivity contribution in [2.45, 2.75) is 12.8 Å². The number of aryl methyl sites for hydroxylation is 1. The zero-order valence-corrected chi connectivity index (χ0v) is 14.9. The molecule has 2 aromatic carbocycles. The van der Waals surface area contributed by atoms with Gasteiger partial charge in [0.05, 0.1) is 11.3 Å². The third-order valence-corrected chi connectivity index (χ3v) is 4.10. The number of carbonyl (C=O) groups is 1. The number of halogens is 3. The number of amides is 1. The highest BCUT2D eigenvalue weighted by Crippen LogP contribution is 2.20. The molecule has 0 aliphatic rings. The molecule has 144 valence electrons. The van der Waals surface area contributed by atoms with Crippen molar-refractivity contribution in [3.63, 3.8) is 0 Å². The molecule has 4 nitrogen and oxygen atoms in total. The summed E-state index contributed by atoms with van der Waals surface area (Å²) in [4.78, 5) is 16.3. The molecule has 1 amide bonds. The van der Waals surface area contributed by atoms with E-state index in [-0.39, 0.29) is 5.56 Å². The summed E-state index contributed by atoms with van der Waals surface area (Å²) in [6.45, 7) is 0.716. The average Bonchev–Trinajstić information content (AvgIpc) is 2.73. The van der Waals surface area contributed by atoms with Gasteiger partial charge in [-0.2, -0.15) is 0 Å². The summed E-state index contributed by atoms with van der Waals surface area (Å²) in [5.74, 6) is -4.47. The van der Waals surface area contributed by atoms with Crippen molar-refractivity contribution < 1.29 is 18.0 Å². The van der Waals surface area contributed by atoms with Gasteiger partial charge >= 0.3 is 0 Å². The Morgan fingerprint density at radius 3 is 2.43 bits per heavy atom. The SMILES string of the molecule is O=C(Nc1ccc(F)c(F)c1F)c1ccc(NCCCc2ccccc2)nc1. The summed E-state index contributed by atoms with van der Waals surface area (Å²) in [6.07, 6.45) is 3.18. The predicted molar refractivity (Wildman–Crippen MR) is 102 cm³/mol. The van der Waals surface area contributed by atoms with Crippen molar-refractivity contribution in [1.82, 2.24) is 4.98 Å². The molecule has 0 aliphatic heterocycles. The number of rotatable bonds is 7. The maximum absolute atomic E-state index is 13.6. The largest absolute Gasteiger partial charge is 0.370 e. The summed E-state index contributed by atoms with van der Waals surface area (Å²) in [5, 5.41) is 5.36. The monoisotopic (exact) mass is 385 g/mol. The molecule has 28 heavy (non-hydrogen) atoms. The number of pyridine rings is 1. The lowest BCUT2D eigenvalue weighted by Crippen LogP contribution is -2.14. The second kappa shape index (κ2) is 9.03. The standard InChI is InChI=1S/C21H18F3N3O/c22-16-9-10-17(20(24)19(16)23)27-21(28)15-8-11-18(26-13-15)25-12-4-7-14-5-2-1-3-6-14/h1-3,5-6,8-11,13H,4,7,12H2,(H,25,26)(H,27,28). The van der Waals surface area contributed by atoms with Crippen LogP contribution in [0.1, 0.15) is 22.3 Å². The van der Waals surface area contributed by atoms with Gasteiger partial charge in [0.25, 0.3) is 5.91 Å². The molecule has 0 atom stereocenters. The molecule has 0 aliphatic carbocycles. The molecule has 0 saturated carbocycles. The Morgan fingerprint density at radius 1 is 0.929 bits per heavy atom. The van der Waals surface area contributed by atoms with E-state index in [1.54, 1.807) is 6.07 Å². The molecular formula is C21H18F3N3O. The Bertz CT molecular complexity index is 947. The van der Waals surface area contributed by atoms with Gasteiger partial charge in [0.1, 0.15) is 5.82 Å². The number of anilines is 2. The Kier molecular flexibility index (Phi) is 6.26. The van der Waals surface area contributed by atoms with Crippen LogP contribution in [0.2, 0.25) is 0 Å². The van der Waals surface area contributed by atoms with Crippen LogP contribution in [0.3, 0.4) is 0 Å². The first-order chi connectivity index (χ1) is 13.5. The summed E-state index contributed by atoms with van der Waals surface area (Å²) in [5.41, 5.74) is 0.986. The first kappa shape index (κ1) is 19.4. The van der Waals surface area contributed by atoms with Crippen molar-refractivity contribution in [3.8, 4) is 0 Å². The number of nitrogens with one attached hydrogen (secondary N) is 2. The van der Waals surface area contributed by atoms with Gasteiger partial charge in [0.15, 0.2) is 17.5 Å². The molecule has 0 unspecified atom stereocenters. The highest BCUT2D eigenvalue weighted by atomic mass is 19.2. The van der Waals surface area contributed by atoms with Crippen LogP contribution in [0.5, 0.6) is 0 Å². The van der Waals surface area contributed by atoms with Gasteiger partial charge in [-0.1, -0.05) is 30.3 Å². The molecule has 1 aromatic heterocycles. The number of aromatic nitrogens is 1. The zero-order chi connectivity index (χ0) is 19.9. The van der Waals surface area contributed by atoms with Gasteiger partial charge < -0.3 is 10.6 Å². The minimum atomic E-state index is -1.63. The van der Waals surface area contributed by atoms with Gasteiger partial charge in [0.2, 0.25) is 0 Å². The lowest BCUT2D eigenvalue weighted by molar-refractivity contribution is 0.102. The lowest BCUT2D eigenvalue weighted by Gasteiger charge is -2.09. The highest BCUT2D eigenvalue weighted by Gasteiger charge is 2.16. The van der Waals surface area contributed by atoms with Crippen molar-refractivity contribution in [2.75, 3.05) is 17.2 Å². The topological polar surface area (TPSA) is 54.0 Å². The molecule has 3 aromatic rings. The first-order valence-electron chi connectivity index (χ1n) is 8.73. The van der Waals surface area contributed by atoms with E-state index in [0.717, 1.165) is 25.0 Å². The fourth-order valence-corrected chi connectivity index (χ4v) is 2.60. The minimum Gasteiger partial charge on any atom is -0.370 e. The van der Waals surface area contributed by atoms with E-state index in [1.807, 2.05) is 18.2 Å². The van der Waals surface area contributed by atoms with E-state index in [2.05, 4.69) is 27.8 Å². The average molecular weight is 385 g/mol. The third kappa shape index (κ3) is 4.88. The van der Waals surface area contributed by atoms with E-state index in [1.165, 1.54) is 17.8 Å². The van der Waals surface area contributed by atoms with E-state index in [9.17, 15) is 18.0 Å². The lowest BCUT2D eigenvalue weighted by atomic mass is 10.1. The van der Waals surface area contributed by atoms with Crippen molar-refractivity contribution >= 4 is 17.4 Å². The van der Waals surface area contributed by atoms with Gasteiger partial charge in [-0.25, -0.2) is 18.2 Å². The Balaban J connectivity index is 1.52. The van der Waals surface area contributed by atoms with Crippen molar-refractivity contribution in [2.24, 2.45) is 0 Å². The molecule has 0 spiro atoms. The molecule has 2 N–H and O–H groups in total. The van der Waals surface area contributed by atoms with Gasteiger partial charge in [0, 0.05) is 12.7 Å². The van der Waals surface area contributed by atoms with Crippen LogP contribution >= 0.6 is 0 Å². The van der Waals surface area contributed by atoms with E-state index in [4.69, 9.17) is 0 Å². The molecule has 0 saturated heterocycles. The quantitative estimate of drug-likeness (QED) is 0.454. The van der Waals surface area contributed by atoms with Crippen molar-refractivity contribution in [3.05, 3.63) is 89.4 Å². The van der Waals surface area contributed by atoms with Gasteiger partial charge in [-0.15, -0.1) is 0 Å². The normalized spacial score (nSPS) is 10.5. The van der Waals surface area contributed by atoms with Crippen LogP contribution < -0.4 is 10.6 Å². The molecule has 0 fully saturated rings. The maximum atomic E-state index is 13.6. The van der Waals surface area contributed by atoms with Crippen LogP contribution in [0.15, 0.2) is 60.8 Å². The van der Waals surface area contributed by atoms with Crippen LogP contribution in [-0.2, 0) is 6.42 Å². The molecule has 3 rings (SSSR count). The van der Waals surface area contributed by atoms with Crippen molar-refractivity contribution in [1.29, 1.82) is 0 Å². The number of nitrogens with zero attached hydrogens (tertiary/aromatic N) is 1. The minimum absolute atomic E-state index is 0.166. The Labute approximate surface area is 160 Å². The smallest absolute Gasteiger partial charge is 0.257 e. The highest BCUT2D eigenvalue weighted by molar-refractivity contribution is 6.04. The summed E-state index contributed by atoms with van der Waals surface area (Å²) < 4.78 is 39.8. The Hall–Kier alpha value is -3.35. The van der Waals surface area contributed by atoms with Crippen LogP contribution in [0.25, 0.3) is 0 Å². The fourth-order valence-electron chi connectivity index (χ4n) is 2.60. The van der Waals surface area contributed by atoms with Crippen LogP contribution in [0, 0.1) is 17.5 Å². The van der Waals surface area contributed by atoms with Crippen LogP contribution in [-0.4, -0.2) is 17.4 Å². The molecular weight excluding hydrogens is 367 g/mol. The van der Waals surface area contributed by atoms with Gasteiger partial charge in [-0.05, 0) is 42.7 Å². The molecule has 0 radical (unpaired) electrons. The van der Waals surface area contributed by atoms with E-state index >= 15 is 0 Å². The molecule has 0 bridgehead atoms. The summed E-state index contributed by atoms with van der Waals surface area (Å²) >= 11 is 0. The second-order valence-corrected chi connectivity index (χ2v) is 6.13. The first-order valence-corrected chi connectivity index (χ1v) is 8.73. The summed E-state index contributed by atoms with van der Waals surface area (Å²) in [7, 11) is 0. The van der Waals surface area contributed by atoms with E-state index < -0.39 is 29.0 Å². The van der Waals surface area contributed by atoms with Gasteiger partial charge in [-0.3, -0.25) is 4.79 Å². The third-order valence-electron chi connectivity index (χ3n) is 4.10. The maximum Gasteiger partial charge on any atom is 0.257 e. The predicted octanol–water partition coefficient (Wildman–Crippen LogP) is 4.80. The molecule has 1 heterocycles. The fraction of sp³-hybridized carbons (Fsp3) is 0.143. The second-order valence-electron chi connectivity index (χ2n) is 6.13. The number of carbonyl (C=O) groups excluding carboxylic acids is 1. The van der Waals surface area contributed by atoms with E-state index in [0.29, 0.717) is 12.4 Å². The number of hydrogen-bond acceptors (Lipinski definition) is 3.